The number of aliphatic imine (C=N–C) groups is 1. The number of hydrogen-bond donors (Lipinski definition) is 2. The fourth-order valence-electron chi connectivity index (χ4n) is 2.43. The van der Waals surface area contributed by atoms with Crippen LogP contribution in [0.15, 0.2) is 23.2 Å². The zero-order valence-electron chi connectivity index (χ0n) is 18.3. The molecule has 29 heavy (non-hydrogen) atoms. The number of nitrogens with one attached hydrogen (secondary N) is 2. The molecule has 0 saturated heterocycles. The van der Waals surface area contributed by atoms with Crippen LogP contribution in [0.25, 0.3) is 0 Å². The molecule has 0 aliphatic rings. The number of carbonyl (C=O) groups is 1. The third-order valence-electron chi connectivity index (χ3n) is 4.09. The van der Waals surface area contributed by atoms with Crippen LogP contribution in [0.4, 0.5) is 0 Å². The molecule has 1 amide bonds. The van der Waals surface area contributed by atoms with Crippen LogP contribution in [0.5, 0.6) is 11.5 Å². The van der Waals surface area contributed by atoms with Gasteiger partial charge in [0.1, 0.15) is 18.0 Å². The molecule has 0 heterocycles. The van der Waals surface area contributed by atoms with Gasteiger partial charge in [-0.3, -0.25) is 4.79 Å². The van der Waals surface area contributed by atoms with E-state index < -0.39 is 0 Å². The summed E-state index contributed by atoms with van der Waals surface area (Å²) in [6.07, 6.45) is 0.840. The summed E-state index contributed by atoms with van der Waals surface area (Å²) in [6, 6.07) is 5.53. The number of amides is 1. The number of methoxy groups -OCH3 is 2. The van der Waals surface area contributed by atoms with E-state index in [9.17, 15) is 4.79 Å². The zero-order valence-corrected chi connectivity index (χ0v) is 20.6. The summed E-state index contributed by atoms with van der Waals surface area (Å²) >= 11 is 0. The molecule has 0 aliphatic heterocycles. The van der Waals surface area contributed by atoms with Crippen LogP contribution < -0.4 is 20.1 Å². The minimum Gasteiger partial charge on any atom is -0.497 e. The number of hydrogen-bond acceptors (Lipinski definition) is 5. The number of likely N-dealkylation sites (N-methyl/N-ethyl adjacent to an activating group) is 1. The van der Waals surface area contributed by atoms with Gasteiger partial charge in [-0.05, 0) is 38.5 Å². The lowest BCUT2D eigenvalue weighted by molar-refractivity contribution is -0.127. The van der Waals surface area contributed by atoms with Crippen molar-refractivity contribution in [2.24, 2.45) is 4.99 Å². The number of nitrogens with zero attached hydrogens (tertiary/aromatic N) is 2. The fourth-order valence-corrected chi connectivity index (χ4v) is 2.43. The van der Waals surface area contributed by atoms with E-state index >= 15 is 0 Å². The van der Waals surface area contributed by atoms with Crippen LogP contribution in [0.3, 0.4) is 0 Å². The summed E-state index contributed by atoms with van der Waals surface area (Å²) in [6.45, 7) is 6.09. The normalized spacial score (nSPS) is 11.9. The van der Waals surface area contributed by atoms with Crippen molar-refractivity contribution in [3.05, 3.63) is 23.8 Å². The lowest BCUT2D eigenvalue weighted by Crippen LogP contribution is -2.40. The van der Waals surface area contributed by atoms with Crippen molar-refractivity contribution < 1.29 is 19.0 Å². The van der Waals surface area contributed by atoms with E-state index in [1.165, 1.54) is 4.90 Å². The fraction of sp³-hybridized carbons (Fsp3) is 0.600. The molecule has 166 valence electrons. The number of halogens is 1. The molecular formula is C20H35IN4O4. The van der Waals surface area contributed by atoms with Crippen LogP contribution in [0, 0.1) is 0 Å². The summed E-state index contributed by atoms with van der Waals surface area (Å²) < 4.78 is 16.2. The summed E-state index contributed by atoms with van der Waals surface area (Å²) in [4.78, 5) is 17.8. The molecule has 0 aliphatic carbocycles. The molecule has 0 fully saturated rings. The van der Waals surface area contributed by atoms with E-state index in [0.29, 0.717) is 25.7 Å². The Morgan fingerprint density at radius 2 is 1.97 bits per heavy atom. The smallest absolute Gasteiger partial charge is 0.243 e. The van der Waals surface area contributed by atoms with Gasteiger partial charge < -0.3 is 29.7 Å². The van der Waals surface area contributed by atoms with Crippen molar-refractivity contribution in [3.63, 3.8) is 0 Å². The van der Waals surface area contributed by atoms with Gasteiger partial charge in [-0.25, -0.2) is 4.99 Å². The molecular weight excluding hydrogens is 487 g/mol. The molecule has 0 radical (unpaired) electrons. The highest BCUT2D eigenvalue weighted by Crippen LogP contribution is 2.29. The highest BCUT2D eigenvalue weighted by atomic mass is 127. The standard InChI is InChI=1S/C20H34N4O4.HI/c1-7-28-12-8-11-21-20(22-14-19(25)24(3)4)23-15(2)17-13-16(26-5)9-10-18(17)27-6;/h9-10,13,15H,7-8,11-12,14H2,1-6H3,(H2,21,22,23);1H. The second kappa shape index (κ2) is 15.1. The Hall–Kier alpha value is -1.75. The summed E-state index contributed by atoms with van der Waals surface area (Å²) in [5.41, 5.74) is 0.935. The van der Waals surface area contributed by atoms with Crippen molar-refractivity contribution in [2.75, 3.05) is 54.6 Å². The number of benzene rings is 1. The zero-order chi connectivity index (χ0) is 20.9. The van der Waals surface area contributed by atoms with Gasteiger partial charge in [0, 0.05) is 39.4 Å². The topological polar surface area (TPSA) is 84.4 Å². The molecule has 1 rings (SSSR count). The number of guanidine groups is 1. The van der Waals surface area contributed by atoms with E-state index in [1.54, 1.807) is 28.3 Å². The molecule has 0 aromatic heterocycles. The second-order valence-electron chi connectivity index (χ2n) is 6.40. The minimum atomic E-state index is -0.113. The SMILES string of the molecule is CCOCCCNC(=NCC(=O)N(C)C)NC(C)c1cc(OC)ccc1OC.I. The van der Waals surface area contributed by atoms with E-state index in [4.69, 9.17) is 14.2 Å². The Balaban J connectivity index is 0.00000784. The van der Waals surface area contributed by atoms with Crippen molar-refractivity contribution in [2.45, 2.75) is 26.3 Å². The van der Waals surface area contributed by atoms with Crippen molar-refractivity contribution in [3.8, 4) is 11.5 Å². The Morgan fingerprint density at radius 3 is 2.55 bits per heavy atom. The first kappa shape index (κ1) is 27.2. The van der Waals surface area contributed by atoms with Crippen LogP contribution in [0.1, 0.15) is 31.9 Å². The Bertz CT molecular complexity index is 641. The average molecular weight is 522 g/mol. The Kier molecular flexibility index (Phi) is 14.2. The van der Waals surface area contributed by atoms with Crippen LogP contribution in [-0.2, 0) is 9.53 Å². The first-order valence-electron chi connectivity index (χ1n) is 9.47. The van der Waals surface area contributed by atoms with Gasteiger partial charge in [0.25, 0.3) is 0 Å². The maximum absolute atomic E-state index is 11.9. The number of carbonyl (C=O) groups excluding carboxylic acids is 1. The third kappa shape index (κ3) is 10.0. The molecule has 0 spiro atoms. The Morgan fingerprint density at radius 1 is 1.24 bits per heavy atom. The van der Waals surface area contributed by atoms with Gasteiger partial charge in [0.2, 0.25) is 5.91 Å². The highest BCUT2D eigenvalue weighted by molar-refractivity contribution is 14.0. The molecule has 8 nitrogen and oxygen atoms in total. The number of ether oxygens (including phenoxy) is 3. The van der Waals surface area contributed by atoms with Gasteiger partial charge >= 0.3 is 0 Å². The lowest BCUT2D eigenvalue weighted by Gasteiger charge is -2.21. The largest absolute Gasteiger partial charge is 0.497 e. The number of rotatable bonds is 11. The van der Waals surface area contributed by atoms with Gasteiger partial charge in [0.05, 0.1) is 20.3 Å². The van der Waals surface area contributed by atoms with E-state index in [0.717, 1.165) is 23.5 Å². The van der Waals surface area contributed by atoms with Crippen LogP contribution in [-0.4, -0.2) is 71.4 Å². The minimum absolute atomic E-state index is 0. The van der Waals surface area contributed by atoms with Crippen molar-refractivity contribution in [1.29, 1.82) is 0 Å². The third-order valence-corrected chi connectivity index (χ3v) is 4.09. The molecule has 1 atom stereocenters. The molecule has 0 saturated carbocycles. The molecule has 0 bridgehead atoms. The second-order valence-corrected chi connectivity index (χ2v) is 6.40. The van der Waals surface area contributed by atoms with Gasteiger partial charge in [-0.1, -0.05) is 0 Å². The van der Waals surface area contributed by atoms with Crippen molar-refractivity contribution in [1.82, 2.24) is 15.5 Å². The lowest BCUT2D eigenvalue weighted by atomic mass is 10.1. The van der Waals surface area contributed by atoms with Gasteiger partial charge in [0.15, 0.2) is 5.96 Å². The van der Waals surface area contributed by atoms with E-state index in [1.807, 2.05) is 32.0 Å². The van der Waals surface area contributed by atoms with Crippen LogP contribution in [0.2, 0.25) is 0 Å². The van der Waals surface area contributed by atoms with E-state index in [-0.39, 0.29) is 42.5 Å². The first-order valence-corrected chi connectivity index (χ1v) is 9.47. The molecule has 2 N–H and O–H groups in total. The predicted octanol–water partition coefficient (Wildman–Crippen LogP) is 2.43. The first-order chi connectivity index (χ1) is 13.4. The highest BCUT2D eigenvalue weighted by Gasteiger charge is 2.15. The van der Waals surface area contributed by atoms with E-state index in [2.05, 4.69) is 15.6 Å². The average Bonchev–Trinajstić information content (AvgIpc) is 2.70. The molecule has 1 unspecified atom stereocenters. The van der Waals surface area contributed by atoms with Gasteiger partial charge in [-0.15, -0.1) is 24.0 Å². The summed E-state index contributed by atoms with van der Waals surface area (Å²) in [7, 11) is 6.69. The Labute approximate surface area is 191 Å². The molecule has 1 aromatic carbocycles. The maximum Gasteiger partial charge on any atom is 0.243 e. The molecule has 9 heteroatoms. The molecule has 1 aromatic rings. The van der Waals surface area contributed by atoms with Crippen molar-refractivity contribution >= 4 is 35.8 Å². The maximum atomic E-state index is 11.9. The quantitative estimate of drug-likeness (QED) is 0.201. The van der Waals surface area contributed by atoms with Crippen LogP contribution >= 0.6 is 24.0 Å². The monoisotopic (exact) mass is 522 g/mol. The van der Waals surface area contributed by atoms with Gasteiger partial charge in [-0.2, -0.15) is 0 Å². The summed E-state index contributed by atoms with van der Waals surface area (Å²) in [5, 5.41) is 6.59. The summed E-state index contributed by atoms with van der Waals surface area (Å²) in [5.74, 6) is 1.99. The predicted molar refractivity (Wildman–Crippen MR) is 127 cm³/mol.